The fourth-order valence-electron chi connectivity index (χ4n) is 7.69. The van der Waals surface area contributed by atoms with Crippen LogP contribution in [-0.4, -0.2) is 32.5 Å². The van der Waals surface area contributed by atoms with Crippen LogP contribution in [0.2, 0.25) is 0 Å². The highest BCUT2D eigenvalue weighted by Gasteiger charge is 2.66. The van der Waals surface area contributed by atoms with Gasteiger partial charge in [0.15, 0.2) is 0 Å². The standard InChI is InChI=1S/C27H25FN2O2/c1-14-8-18-17-4-2-3-5-22(17)29-25(18)26-24-19(9-15(11-21(24)28)6-7-23(31)32)20-10-16-12-27(20,13-16)30(14)26/h2-7,9,11,14,16,20,26,29H,8,10,12-13H2,1H3,(H,31,32)/b7-6+/t14-,16?,20?,26-,27?/m1/s1. The smallest absolute Gasteiger partial charge is 0.328 e. The van der Waals surface area contributed by atoms with Gasteiger partial charge in [0.05, 0.1) is 6.04 Å². The third kappa shape index (κ3) is 2.22. The lowest BCUT2D eigenvalue weighted by molar-refractivity contribution is -0.131. The van der Waals surface area contributed by atoms with Gasteiger partial charge in [-0.1, -0.05) is 24.3 Å². The molecule has 3 aliphatic carbocycles. The van der Waals surface area contributed by atoms with E-state index in [4.69, 9.17) is 5.11 Å². The van der Waals surface area contributed by atoms with Gasteiger partial charge in [-0.05, 0) is 73.4 Å². The number of fused-ring (bicyclic) bond motifs is 7. The predicted molar refractivity (Wildman–Crippen MR) is 121 cm³/mol. The van der Waals surface area contributed by atoms with Gasteiger partial charge >= 0.3 is 5.97 Å². The molecule has 5 aliphatic rings. The lowest BCUT2D eigenvalue weighted by Crippen LogP contribution is -2.63. The summed E-state index contributed by atoms with van der Waals surface area (Å²) in [7, 11) is 0. The zero-order valence-electron chi connectivity index (χ0n) is 17.9. The molecule has 1 spiro atoms. The SMILES string of the molecule is C[C@@H]1Cc2c([nH]c3ccccc23)[C@H]2c3c(F)cc(/C=C/C(=O)O)cc3C3CC4CC3(C4)N21. The Bertz CT molecular complexity index is 1330. The third-order valence-corrected chi connectivity index (χ3v) is 8.64. The number of benzene rings is 2. The van der Waals surface area contributed by atoms with E-state index < -0.39 is 5.97 Å². The zero-order chi connectivity index (χ0) is 21.8. The molecular weight excluding hydrogens is 403 g/mol. The van der Waals surface area contributed by atoms with Crippen molar-refractivity contribution in [2.24, 2.45) is 5.92 Å². The number of aliphatic carboxylic acids is 1. The summed E-state index contributed by atoms with van der Waals surface area (Å²) in [5.41, 5.74) is 6.19. The maximum absolute atomic E-state index is 15.9. The molecule has 2 aromatic carbocycles. The molecule has 2 bridgehead atoms. The van der Waals surface area contributed by atoms with Gasteiger partial charge in [-0.25, -0.2) is 9.18 Å². The molecule has 0 radical (unpaired) electrons. The lowest BCUT2D eigenvalue weighted by Gasteiger charge is -2.60. The van der Waals surface area contributed by atoms with Crippen LogP contribution in [0.1, 0.15) is 66.1 Å². The number of para-hydroxylation sites is 1. The molecule has 4 nitrogen and oxygen atoms in total. The average molecular weight is 429 g/mol. The van der Waals surface area contributed by atoms with E-state index in [0.29, 0.717) is 23.4 Å². The maximum Gasteiger partial charge on any atom is 0.328 e. The molecule has 2 aliphatic heterocycles. The normalized spacial score (nSPS) is 32.3. The van der Waals surface area contributed by atoms with Crippen LogP contribution in [0.5, 0.6) is 0 Å². The summed E-state index contributed by atoms with van der Waals surface area (Å²) in [5, 5.41) is 10.3. The van der Waals surface area contributed by atoms with Crippen molar-refractivity contribution >= 4 is 22.9 Å². The molecule has 8 rings (SSSR count). The molecule has 0 amide bonds. The molecule has 1 unspecified atom stereocenters. The van der Waals surface area contributed by atoms with Gasteiger partial charge < -0.3 is 10.1 Å². The van der Waals surface area contributed by atoms with Crippen molar-refractivity contribution in [1.29, 1.82) is 0 Å². The molecule has 32 heavy (non-hydrogen) atoms. The summed E-state index contributed by atoms with van der Waals surface area (Å²) in [6.45, 7) is 2.31. The number of nitrogens with one attached hydrogen (secondary N) is 1. The first kappa shape index (κ1) is 18.6. The van der Waals surface area contributed by atoms with Crippen LogP contribution < -0.4 is 0 Å². The van der Waals surface area contributed by atoms with Crippen molar-refractivity contribution in [1.82, 2.24) is 9.88 Å². The number of carboxylic acids is 1. The number of nitrogens with zero attached hydrogens (tertiary/aromatic N) is 1. The van der Waals surface area contributed by atoms with Crippen molar-refractivity contribution in [2.75, 3.05) is 0 Å². The Labute approximate surface area is 185 Å². The Morgan fingerprint density at radius 2 is 2.09 bits per heavy atom. The number of carbonyl (C=O) groups is 1. The summed E-state index contributed by atoms with van der Waals surface area (Å²) >= 11 is 0. The highest BCUT2D eigenvalue weighted by Crippen LogP contribution is 2.69. The molecule has 3 fully saturated rings. The van der Waals surface area contributed by atoms with E-state index in [1.54, 1.807) is 0 Å². The van der Waals surface area contributed by atoms with Gasteiger partial charge in [0.25, 0.3) is 0 Å². The monoisotopic (exact) mass is 428 g/mol. The minimum Gasteiger partial charge on any atom is -0.478 e. The van der Waals surface area contributed by atoms with E-state index in [2.05, 4.69) is 41.1 Å². The molecule has 3 aromatic rings. The van der Waals surface area contributed by atoms with Crippen LogP contribution in [0.25, 0.3) is 17.0 Å². The fraction of sp³-hybridized carbons (Fsp3) is 0.370. The van der Waals surface area contributed by atoms with Crippen LogP contribution >= 0.6 is 0 Å². The van der Waals surface area contributed by atoms with Crippen LogP contribution in [0.4, 0.5) is 4.39 Å². The largest absolute Gasteiger partial charge is 0.478 e. The molecule has 3 saturated carbocycles. The Morgan fingerprint density at radius 3 is 2.91 bits per heavy atom. The van der Waals surface area contributed by atoms with Crippen molar-refractivity contribution in [3.63, 3.8) is 0 Å². The van der Waals surface area contributed by atoms with Gasteiger partial charge in [0, 0.05) is 45.7 Å². The van der Waals surface area contributed by atoms with E-state index in [1.165, 1.54) is 35.9 Å². The van der Waals surface area contributed by atoms with E-state index in [9.17, 15) is 4.79 Å². The van der Waals surface area contributed by atoms with Crippen molar-refractivity contribution < 1.29 is 14.3 Å². The first-order chi connectivity index (χ1) is 15.5. The quantitative estimate of drug-likeness (QED) is 0.538. The van der Waals surface area contributed by atoms with Gasteiger partial charge in [0.1, 0.15) is 5.82 Å². The van der Waals surface area contributed by atoms with Gasteiger partial charge in [0.2, 0.25) is 0 Å². The number of hydrogen-bond acceptors (Lipinski definition) is 2. The summed E-state index contributed by atoms with van der Waals surface area (Å²) in [6.07, 6.45) is 7.06. The van der Waals surface area contributed by atoms with E-state index >= 15 is 4.39 Å². The van der Waals surface area contributed by atoms with E-state index in [0.717, 1.165) is 41.3 Å². The topological polar surface area (TPSA) is 56.3 Å². The Hall–Kier alpha value is -2.92. The average Bonchev–Trinajstić information content (AvgIpc) is 3.41. The number of rotatable bonds is 2. The van der Waals surface area contributed by atoms with Crippen LogP contribution in [0.15, 0.2) is 42.5 Å². The van der Waals surface area contributed by atoms with Gasteiger partial charge in [-0.3, -0.25) is 4.90 Å². The van der Waals surface area contributed by atoms with E-state index in [-0.39, 0.29) is 17.4 Å². The minimum absolute atomic E-state index is 0.0955. The first-order valence-corrected chi connectivity index (χ1v) is 11.6. The van der Waals surface area contributed by atoms with Crippen molar-refractivity contribution in [3.8, 4) is 0 Å². The zero-order valence-corrected chi connectivity index (χ0v) is 17.9. The maximum atomic E-state index is 15.9. The molecule has 1 aromatic heterocycles. The number of aromatic nitrogens is 1. The molecule has 5 heteroatoms. The molecule has 2 N–H and O–H groups in total. The van der Waals surface area contributed by atoms with Crippen LogP contribution in [-0.2, 0) is 11.2 Å². The second-order valence-electron chi connectivity index (χ2n) is 10.3. The molecular formula is C27H25FN2O2. The Kier molecular flexibility index (Phi) is 3.55. The number of aromatic amines is 1. The highest BCUT2D eigenvalue weighted by atomic mass is 19.1. The first-order valence-electron chi connectivity index (χ1n) is 11.6. The molecule has 162 valence electrons. The van der Waals surface area contributed by atoms with Crippen LogP contribution in [0, 0.1) is 11.7 Å². The predicted octanol–water partition coefficient (Wildman–Crippen LogP) is 5.39. The second-order valence-corrected chi connectivity index (χ2v) is 10.3. The minimum atomic E-state index is -1.02. The van der Waals surface area contributed by atoms with Crippen molar-refractivity contribution in [2.45, 2.75) is 56.1 Å². The highest BCUT2D eigenvalue weighted by molar-refractivity contribution is 5.86. The third-order valence-electron chi connectivity index (χ3n) is 8.64. The Morgan fingerprint density at radius 1 is 1.28 bits per heavy atom. The Balaban J connectivity index is 1.50. The van der Waals surface area contributed by atoms with Crippen LogP contribution in [0.3, 0.4) is 0 Å². The number of H-pyrrole nitrogens is 1. The van der Waals surface area contributed by atoms with E-state index in [1.807, 2.05) is 6.07 Å². The molecule has 3 heterocycles. The summed E-state index contributed by atoms with van der Waals surface area (Å²) in [4.78, 5) is 17.4. The van der Waals surface area contributed by atoms with Gasteiger partial charge in [-0.15, -0.1) is 0 Å². The summed E-state index contributed by atoms with van der Waals surface area (Å²) in [6, 6.07) is 12.2. The van der Waals surface area contributed by atoms with Gasteiger partial charge in [-0.2, -0.15) is 0 Å². The fourth-order valence-corrected chi connectivity index (χ4v) is 7.69. The summed E-state index contributed by atoms with van der Waals surface area (Å²) in [5.74, 6) is -0.207. The lowest BCUT2D eigenvalue weighted by atomic mass is 9.64. The molecule has 0 saturated heterocycles. The number of hydrogen-bond donors (Lipinski definition) is 2. The van der Waals surface area contributed by atoms with Crippen molar-refractivity contribution in [3.05, 3.63) is 76.2 Å². The second kappa shape index (κ2) is 6.10. The summed E-state index contributed by atoms with van der Waals surface area (Å²) < 4.78 is 15.9. The number of carboxylic acid groups (broad SMARTS) is 1. The molecule has 3 atom stereocenters. The number of halogens is 1.